The number of carbonyl (C=O) groups excluding carboxylic acids is 1. The molecule has 0 spiro atoms. The summed E-state index contributed by atoms with van der Waals surface area (Å²) in [6.07, 6.45) is 5.91. The van der Waals surface area contributed by atoms with Crippen molar-refractivity contribution in [3.63, 3.8) is 0 Å². The Morgan fingerprint density at radius 2 is 2.06 bits per heavy atom. The van der Waals surface area contributed by atoms with E-state index in [-0.39, 0.29) is 11.9 Å². The molecule has 4 heterocycles. The molecule has 0 saturated carbocycles. The van der Waals surface area contributed by atoms with Gasteiger partial charge in [-0.1, -0.05) is 31.2 Å². The number of hydrogen-bond acceptors (Lipinski definition) is 3. The number of pyridine rings is 1. The van der Waals surface area contributed by atoms with Gasteiger partial charge in [0, 0.05) is 60.6 Å². The minimum Gasteiger partial charge on any atom is -0.356 e. The summed E-state index contributed by atoms with van der Waals surface area (Å²) >= 11 is 0. The van der Waals surface area contributed by atoms with Gasteiger partial charge in [-0.25, -0.2) is 4.98 Å². The van der Waals surface area contributed by atoms with Crippen LogP contribution in [0.3, 0.4) is 0 Å². The van der Waals surface area contributed by atoms with Crippen LogP contribution >= 0.6 is 0 Å². The van der Waals surface area contributed by atoms with E-state index >= 15 is 0 Å². The van der Waals surface area contributed by atoms with Crippen molar-refractivity contribution in [1.29, 1.82) is 0 Å². The average Bonchev–Trinajstić information content (AvgIpc) is 3.40. The summed E-state index contributed by atoms with van der Waals surface area (Å²) in [5, 5.41) is 1.24. The van der Waals surface area contributed by atoms with Gasteiger partial charge >= 0.3 is 0 Å². The molecule has 5 rings (SSSR count). The number of imidazole rings is 1. The SMILES string of the molecule is CCc1nccn1CCC(=O)N1CCc2c([nH]c3ccccc23)[C@H]1c1cccc(C)n1. The fourth-order valence-electron chi connectivity index (χ4n) is 4.75. The second-order valence-electron chi connectivity index (χ2n) is 8.15. The third-order valence-corrected chi connectivity index (χ3v) is 6.23. The first-order chi connectivity index (χ1) is 15.2. The number of nitrogens with one attached hydrogen (secondary N) is 1. The summed E-state index contributed by atoms with van der Waals surface area (Å²) in [4.78, 5) is 28.2. The predicted octanol–water partition coefficient (Wildman–Crippen LogP) is 4.19. The van der Waals surface area contributed by atoms with Crippen LogP contribution in [0.1, 0.15) is 47.9 Å². The molecule has 1 N–H and O–H groups in total. The van der Waals surface area contributed by atoms with E-state index in [0.29, 0.717) is 19.5 Å². The van der Waals surface area contributed by atoms with Crippen LogP contribution < -0.4 is 0 Å². The number of aryl methyl sites for hydroxylation is 3. The van der Waals surface area contributed by atoms with Crippen molar-refractivity contribution in [3.05, 3.63) is 83.3 Å². The van der Waals surface area contributed by atoms with Gasteiger partial charge in [0.25, 0.3) is 0 Å². The Morgan fingerprint density at radius 1 is 1.19 bits per heavy atom. The van der Waals surface area contributed by atoms with Gasteiger partial charge in [0.05, 0.1) is 5.69 Å². The van der Waals surface area contributed by atoms with E-state index in [0.717, 1.165) is 41.3 Å². The van der Waals surface area contributed by atoms with Crippen LogP contribution in [0.25, 0.3) is 10.9 Å². The Morgan fingerprint density at radius 3 is 2.90 bits per heavy atom. The van der Waals surface area contributed by atoms with Crippen molar-refractivity contribution in [1.82, 2.24) is 24.4 Å². The number of amides is 1. The molecule has 1 aliphatic heterocycles. The molecule has 3 aromatic heterocycles. The molecule has 6 nitrogen and oxygen atoms in total. The number of carbonyl (C=O) groups is 1. The van der Waals surface area contributed by atoms with Crippen molar-refractivity contribution in [2.24, 2.45) is 0 Å². The lowest BCUT2D eigenvalue weighted by atomic mass is 9.94. The smallest absolute Gasteiger partial charge is 0.225 e. The molecule has 1 aromatic carbocycles. The largest absolute Gasteiger partial charge is 0.356 e. The molecule has 1 amide bonds. The van der Waals surface area contributed by atoms with E-state index in [2.05, 4.69) is 39.7 Å². The van der Waals surface area contributed by atoms with Crippen LogP contribution in [0, 0.1) is 6.92 Å². The highest BCUT2D eigenvalue weighted by Gasteiger charge is 2.35. The predicted molar refractivity (Wildman–Crippen MR) is 121 cm³/mol. The zero-order valence-corrected chi connectivity index (χ0v) is 18.0. The van der Waals surface area contributed by atoms with Gasteiger partial charge in [0.1, 0.15) is 11.9 Å². The Kier molecular flexibility index (Phi) is 5.06. The Balaban J connectivity index is 1.51. The molecule has 0 fully saturated rings. The lowest BCUT2D eigenvalue weighted by Gasteiger charge is -2.36. The van der Waals surface area contributed by atoms with Crippen molar-refractivity contribution in [3.8, 4) is 0 Å². The van der Waals surface area contributed by atoms with Crippen LogP contribution in [0.4, 0.5) is 0 Å². The molecule has 0 bridgehead atoms. The monoisotopic (exact) mass is 413 g/mol. The minimum absolute atomic E-state index is 0.147. The number of benzene rings is 1. The number of rotatable bonds is 5. The molecule has 0 radical (unpaired) electrons. The highest BCUT2D eigenvalue weighted by atomic mass is 16.2. The van der Waals surface area contributed by atoms with E-state index in [1.54, 1.807) is 6.20 Å². The fraction of sp³-hybridized carbons (Fsp3) is 0.320. The van der Waals surface area contributed by atoms with Gasteiger partial charge in [-0.05, 0) is 37.1 Å². The summed E-state index contributed by atoms with van der Waals surface area (Å²) in [7, 11) is 0. The molecule has 0 saturated heterocycles. The number of hydrogen-bond donors (Lipinski definition) is 1. The first-order valence-corrected chi connectivity index (χ1v) is 11.0. The van der Waals surface area contributed by atoms with Crippen molar-refractivity contribution in [2.45, 2.75) is 45.7 Å². The lowest BCUT2D eigenvalue weighted by Crippen LogP contribution is -2.41. The number of H-pyrrole nitrogens is 1. The number of nitrogens with zero attached hydrogens (tertiary/aromatic N) is 4. The quantitative estimate of drug-likeness (QED) is 0.533. The molecular formula is C25H27N5O. The molecule has 31 heavy (non-hydrogen) atoms. The normalized spacial score (nSPS) is 15.9. The van der Waals surface area contributed by atoms with E-state index < -0.39 is 0 Å². The van der Waals surface area contributed by atoms with Gasteiger partial charge in [-0.15, -0.1) is 0 Å². The molecule has 158 valence electrons. The van der Waals surface area contributed by atoms with E-state index in [1.807, 2.05) is 42.3 Å². The zero-order chi connectivity index (χ0) is 21.4. The second kappa shape index (κ2) is 8.02. The maximum atomic E-state index is 13.4. The van der Waals surface area contributed by atoms with Crippen LogP contribution in [0.2, 0.25) is 0 Å². The third-order valence-electron chi connectivity index (χ3n) is 6.23. The first kappa shape index (κ1) is 19.5. The molecular weight excluding hydrogens is 386 g/mol. The summed E-state index contributed by atoms with van der Waals surface area (Å²) in [6.45, 7) is 5.42. The van der Waals surface area contributed by atoms with Gasteiger partial charge in [-0.3, -0.25) is 9.78 Å². The molecule has 4 aromatic rings. The highest BCUT2D eigenvalue weighted by Crippen LogP contribution is 2.38. The van der Waals surface area contributed by atoms with Gasteiger partial charge in [-0.2, -0.15) is 0 Å². The van der Waals surface area contributed by atoms with Gasteiger partial charge in [0.2, 0.25) is 5.91 Å². The summed E-state index contributed by atoms with van der Waals surface area (Å²) in [5.41, 5.74) is 5.38. The maximum absolute atomic E-state index is 13.4. The molecule has 0 unspecified atom stereocenters. The van der Waals surface area contributed by atoms with E-state index in [4.69, 9.17) is 4.98 Å². The second-order valence-corrected chi connectivity index (χ2v) is 8.15. The summed E-state index contributed by atoms with van der Waals surface area (Å²) < 4.78 is 2.08. The summed E-state index contributed by atoms with van der Waals surface area (Å²) in [6, 6.07) is 14.2. The number of aromatic amines is 1. The third kappa shape index (κ3) is 3.52. The van der Waals surface area contributed by atoms with Crippen LogP contribution in [0.5, 0.6) is 0 Å². The van der Waals surface area contributed by atoms with Gasteiger partial charge in [0.15, 0.2) is 0 Å². The van der Waals surface area contributed by atoms with Gasteiger partial charge < -0.3 is 14.5 Å². The summed E-state index contributed by atoms with van der Waals surface area (Å²) in [5.74, 6) is 1.16. The Hall–Kier alpha value is -3.41. The van der Waals surface area contributed by atoms with E-state index in [1.165, 1.54) is 10.9 Å². The first-order valence-electron chi connectivity index (χ1n) is 11.0. The Labute approximate surface area is 181 Å². The molecule has 1 aliphatic rings. The van der Waals surface area contributed by atoms with E-state index in [9.17, 15) is 4.79 Å². The van der Waals surface area contributed by atoms with Crippen LogP contribution in [-0.4, -0.2) is 36.9 Å². The van der Waals surface area contributed by atoms with Crippen LogP contribution in [0.15, 0.2) is 54.9 Å². The average molecular weight is 414 g/mol. The Bertz CT molecular complexity index is 1240. The molecule has 1 atom stereocenters. The fourth-order valence-corrected chi connectivity index (χ4v) is 4.75. The molecule has 0 aliphatic carbocycles. The van der Waals surface area contributed by atoms with Crippen molar-refractivity contribution < 1.29 is 4.79 Å². The van der Waals surface area contributed by atoms with Crippen LogP contribution in [-0.2, 0) is 24.2 Å². The number of aromatic nitrogens is 4. The molecule has 6 heteroatoms. The zero-order valence-electron chi connectivity index (χ0n) is 18.0. The number of para-hydroxylation sites is 1. The lowest BCUT2D eigenvalue weighted by molar-refractivity contribution is -0.133. The minimum atomic E-state index is -0.197. The van der Waals surface area contributed by atoms with Crippen molar-refractivity contribution in [2.75, 3.05) is 6.54 Å². The maximum Gasteiger partial charge on any atom is 0.225 e. The van der Waals surface area contributed by atoms with Crippen molar-refractivity contribution >= 4 is 16.8 Å². The highest BCUT2D eigenvalue weighted by molar-refractivity contribution is 5.86. The topological polar surface area (TPSA) is 66.8 Å². The number of fused-ring (bicyclic) bond motifs is 3. The standard InChI is InChI=1S/C25H27N5O/c1-3-22-26-13-16-29(22)14-12-23(31)30-15-11-19-18-8-4-5-9-20(18)28-24(19)25(30)21-10-6-7-17(2)27-21/h4-10,13,16,25,28H,3,11-12,14-15H2,1-2H3/t25-/m1/s1.